The van der Waals surface area contributed by atoms with Gasteiger partial charge in [-0.15, -0.1) is 11.3 Å². The van der Waals surface area contributed by atoms with Gasteiger partial charge in [-0.1, -0.05) is 17.7 Å². The van der Waals surface area contributed by atoms with Gasteiger partial charge in [0.1, 0.15) is 0 Å². The number of rotatable bonds is 2. The first-order chi connectivity index (χ1) is 11.1. The second-order valence-corrected chi connectivity index (χ2v) is 6.66. The van der Waals surface area contributed by atoms with E-state index < -0.39 is 0 Å². The number of amides is 2. The molecule has 1 aliphatic rings. The highest BCUT2D eigenvalue weighted by atomic mass is 35.5. The molecule has 1 aromatic carbocycles. The Hall–Kier alpha value is -2.05. The zero-order chi connectivity index (χ0) is 16.4. The number of nitrogen functional groups attached to an aromatic ring is 1. The average molecular weight is 350 g/mol. The fourth-order valence-electron chi connectivity index (χ4n) is 2.54. The summed E-state index contributed by atoms with van der Waals surface area (Å²) in [4.78, 5) is 29.1. The average Bonchev–Trinajstić information content (AvgIpc) is 3.08. The molecule has 0 radical (unpaired) electrons. The van der Waals surface area contributed by atoms with Crippen LogP contribution in [-0.4, -0.2) is 47.8 Å². The lowest BCUT2D eigenvalue weighted by Gasteiger charge is -2.34. The van der Waals surface area contributed by atoms with E-state index in [2.05, 4.69) is 0 Å². The molecule has 1 fully saturated rings. The van der Waals surface area contributed by atoms with Crippen molar-refractivity contribution in [3.8, 4) is 0 Å². The molecular weight excluding hydrogens is 334 g/mol. The maximum Gasteiger partial charge on any atom is 0.264 e. The summed E-state index contributed by atoms with van der Waals surface area (Å²) >= 11 is 7.53. The number of thiophene rings is 1. The Kier molecular flexibility index (Phi) is 4.54. The lowest BCUT2D eigenvalue weighted by molar-refractivity contribution is 0.0538. The van der Waals surface area contributed by atoms with E-state index in [1.807, 2.05) is 17.5 Å². The van der Waals surface area contributed by atoms with Crippen LogP contribution in [0.5, 0.6) is 0 Å². The van der Waals surface area contributed by atoms with Gasteiger partial charge in [0.2, 0.25) is 0 Å². The molecule has 5 nitrogen and oxygen atoms in total. The Labute approximate surface area is 143 Å². The number of benzene rings is 1. The Balaban J connectivity index is 1.64. The third-order valence-corrected chi connectivity index (χ3v) is 4.98. The van der Waals surface area contributed by atoms with Crippen molar-refractivity contribution in [2.45, 2.75) is 0 Å². The molecule has 0 spiro atoms. The third-order valence-electron chi connectivity index (χ3n) is 3.81. The number of carbonyl (C=O) groups excluding carboxylic acids is 2. The topological polar surface area (TPSA) is 66.6 Å². The highest BCUT2D eigenvalue weighted by Crippen LogP contribution is 2.22. The lowest BCUT2D eigenvalue weighted by atomic mass is 10.1. The summed E-state index contributed by atoms with van der Waals surface area (Å²) in [5, 5.41) is 2.24. The molecule has 1 aliphatic heterocycles. The van der Waals surface area contributed by atoms with Crippen LogP contribution in [0.15, 0.2) is 35.7 Å². The van der Waals surface area contributed by atoms with Gasteiger partial charge < -0.3 is 15.5 Å². The number of hydrogen-bond donors (Lipinski definition) is 1. The molecule has 0 unspecified atom stereocenters. The highest BCUT2D eigenvalue weighted by Gasteiger charge is 2.26. The summed E-state index contributed by atoms with van der Waals surface area (Å²) < 4.78 is 0. The molecule has 3 rings (SSSR count). The van der Waals surface area contributed by atoms with E-state index >= 15 is 0 Å². The van der Waals surface area contributed by atoms with Crippen molar-refractivity contribution in [2.24, 2.45) is 0 Å². The van der Waals surface area contributed by atoms with Crippen LogP contribution in [0.1, 0.15) is 20.0 Å². The maximum atomic E-state index is 12.5. The largest absolute Gasteiger partial charge is 0.399 e. The van der Waals surface area contributed by atoms with Crippen LogP contribution >= 0.6 is 22.9 Å². The third kappa shape index (κ3) is 3.33. The monoisotopic (exact) mass is 349 g/mol. The summed E-state index contributed by atoms with van der Waals surface area (Å²) in [6.07, 6.45) is 0. The van der Waals surface area contributed by atoms with Crippen LogP contribution in [0.2, 0.25) is 5.02 Å². The molecule has 2 N–H and O–H groups in total. The van der Waals surface area contributed by atoms with Gasteiger partial charge in [0, 0.05) is 31.9 Å². The number of nitrogens with two attached hydrogens (primary N) is 1. The predicted octanol–water partition coefficient (Wildman–Crippen LogP) is 2.58. The Morgan fingerprint density at radius 1 is 1.04 bits per heavy atom. The van der Waals surface area contributed by atoms with E-state index in [0.29, 0.717) is 42.5 Å². The van der Waals surface area contributed by atoms with E-state index in [9.17, 15) is 9.59 Å². The van der Waals surface area contributed by atoms with Crippen LogP contribution in [0.4, 0.5) is 5.69 Å². The molecular formula is C16H16ClN3O2S. The number of anilines is 1. The molecule has 0 aliphatic carbocycles. The number of carbonyl (C=O) groups is 2. The first-order valence-electron chi connectivity index (χ1n) is 7.23. The number of piperazine rings is 1. The maximum absolute atomic E-state index is 12.5. The van der Waals surface area contributed by atoms with Crippen molar-refractivity contribution >= 4 is 40.4 Å². The summed E-state index contributed by atoms with van der Waals surface area (Å²) in [5.74, 6) is -0.101. The van der Waals surface area contributed by atoms with Crippen LogP contribution in [0, 0.1) is 0 Å². The van der Waals surface area contributed by atoms with E-state index in [-0.39, 0.29) is 11.8 Å². The predicted molar refractivity (Wildman–Crippen MR) is 92.0 cm³/mol. The number of nitrogens with zero attached hydrogens (tertiary/aromatic N) is 2. The highest BCUT2D eigenvalue weighted by molar-refractivity contribution is 7.12. The van der Waals surface area contributed by atoms with Crippen molar-refractivity contribution in [3.05, 3.63) is 51.2 Å². The van der Waals surface area contributed by atoms with Gasteiger partial charge in [-0.05, 0) is 29.6 Å². The van der Waals surface area contributed by atoms with Crippen LogP contribution in [0.3, 0.4) is 0 Å². The summed E-state index contributed by atoms with van der Waals surface area (Å²) in [5.41, 5.74) is 6.62. The van der Waals surface area contributed by atoms with Crippen molar-refractivity contribution in [3.63, 3.8) is 0 Å². The second-order valence-electron chi connectivity index (χ2n) is 5.30. The lowest BCUT2D eigenvalue weighted by Crippen LogP contribution is -2.50. The summed E-state index contributed by atoms with van der Waals surface area (Å²) in [7, 11) is 0. The van der Waals surface area contributed by atoms with Gasteiger partial charge in [0.25, 0.3) is 11.8 Å². The van der Waals surface area contributed by atoms with E-state index in [1.54, 1.807) is 28.0 Å². The first-order valence-corrected chi connectivity index (χ1v) is 8.49. The van der Waals surface area contributed by atoms with Gasteiger partial charge in [0.15, 0.2) is 0 Å². The molecule has 1 saturated heterocycles. The molecule has 2 heterocycles. The van der Waals surface area contributed by atoms with Crippen molar-refractivity contribution < 1.29 is 9.59 Å². The summed E-state index contributed by atoms with van der Waals surface area (Å²) in [6, 6.07) is 8.56. The molecule has 0 atom stereocenters. The number of halogens is 1. The molecule has 120 valence electrons. The van der Waals surface area contributed by atoms with Gasteiger partial charge >= 0.3 is 0 Å². The van der Waals surface area contributed by atoms with Gasteiger partial charge in [0.05, 0.1) is 15.5 Å². The number of hydrogen-bond acceptors (Lipinski definition) is 4. The molecule has 2 aromatic rings. The van der Waals surface area contributed by atoms with Crippen molar-refractivity contribution in [1.82, 2.24) is 9.80 Å². The minimum Gasteiger partial charge on any atom is -0.399 e. The Morgan fingerprint density at radius 3 is 2.26 bits per heavy atom. The molecule has 2 amide bonds. The SMILES string of the molecule is Nc1ccc(C(=O)N2CCN(C(=O)c3cccs3)CC2)c(Cl)c1. The summed E-state index contributed by atoms with van der Waals surface area (Å²) in [6.45, 7) is 2.04. The van der Waals surface area contributed by atoms with Crippen LogP contribution in [0.25, 0.3) is 0 Å². The zero-order valence-corrected chi connectivity index (χ0v) is 13.9. The molecule has 23 heavy (non-hydrogen) atoms. The van der Waals surface area contributed by atoms with E-state index in [0.717, 1.165) is 4.88 Å². The Bertz CT molecular complexity index is 725. The Morgan fingerprint density at radius 2 is 1.70 bits per heavy atom. The molecule has 0 bridgehead atoms. The minimum absolute atomic E-state index is 0.0256. The molecule has 7 heteroatoms. The minimum atomic E-state index is -0.127. The zero-order valence-electron chi connectivity index (χ0n) is 12.4. The van der Waals surface area contributed by atoms with E-state index in [1.165, 1.54) is 11.3 Å². The fourth-order valence-corrected chi connectivity index (χ4v) is 3.50. The van der Waals surface area contributed by atoms with Crippen LogP contribution in [-0.2, 0) is 0 Å². The molecule has 0 saturated carbocycles. The van der Waals surface area contributed by atoms with Crippen molar-refractivity contribution in [1.29, 1.82) is 0 Å². The fraction of sp³-hybridized carbons (Fsp3) is 0.250. The standard InChI is InChI=1S/C16H16ClN3O2S/c17-13-10-11(18)3-4-12(13)15(21)19-5-7-20(8-6-19)16(22)14-2-1-9-23-14/h1-4,9-10H,5-8,18H2. The van der Waals surface area contributed by atoms with Crippen molar-refractivity contribution in [2.75, 3.05) is 31.9 Å². The van der Waals surface area contributed by atoms with Crippen LogP contribution < -0.4 is 5.73 Å². The quantitative estimate of drug-likeness (QED) is 0.847. The normalized spacial score (nSPS) is 14.8. The van der Waals surface area contributed by atoms with E-state index in [4.69, 9.17) is 17.3 Å². The van der Waals surface area contributed by atoms with Gasteiger partial charge in [-0.3, -0.25) is 9.59 Å². The second kappa shape index (κ2) is 6.60. The van der Waals surface area contributed by atoms with Gasteiger partial charge in [-0.25, -0.2) is 0 Å². The van der Waals surface area contributed by atoms with Gasteiger partial charge in [-0.2, -0.15) is 0 Å². The molecule has 1 aromatic heterocycles. The first kappa shape index (κ1) is 15.8. The smallest absolute Gasteiger partial charge is 0.264 e.